The van der Waals surface area contributed by atoms with Crippen LogP contribution in [0, 0.1) is 6.92 Å². The van der Waals surface area contributed by atoms with E-state index in [0.29, 0.717) is 5.84 Å². The van der Waals surface area contributed by atoms with Crippen LogP contribution in [-0.2, 0) is 6.54 Å². The predicted octanol–water partition coefficient (Wildman–Crippen LogP) is 1.83. The first-order chi connectivity index (χ1) is 9.61. The summed E-state index contributed by atoms with van der Waals surface area (Å²) in [6, 6.07) is 4.06. The first-order valence-electron chi connectivity index (χ1n) is 6.77. The van der Waals surface area contributed by atoms with Gasteiger partial charge in [0.15, 0.2) is 5.84 Å². The van der Waals surface area contributed by atoms with E-state index in [1.165, 1.54) is 5.56 Å². The van der Waals surface area contributed by atoms with Crippen molar-refractivity contribution in [1.82, 2.24) is 9.88 Å². The summed E-state index contributed by atoms with van der Waals surface area (Å²) in [5.41, 5.74) is 8.22. The summed E-state index contributed by atoms with van der Waals surface area (Å²) in [7, 11) is 0. The number of aromatic nitrogens is 1. The molecule has 3 N–H and O–H groups in total. The van der Waals surface area contributed by atoms with E-state index in [-0.39, 0.29) is 4.75 Å². The smallest absolute Gasteiger partial charge is 0.155 e. The van der Waals surface area contributed by atoms with Crippen molar-refractivity contribution in [1.29, 1.82) is 0 Å². The minimum Gasteiger partial charge on any atom is -0.409 e. The number of oxime groups is 1. The molecule has 20 heavy (non-hydrogen) atoms. The van der Waals surface area contributed by atoms with Crippen LogP contribution < -0.4 is 5.73 Å². The molecule has 1 aromatic heterocycles. The van der Waals surface area contributed by atoms with Gasteiger partial charge in [0.25, 0.3) is 0 Å². The Bertz CT molecular complexity index is 484. The van der Waals surface area contributed by atoms with Crippen molar-refractivity contribution in [3.8, 4) is 0 Å². The number of rotatable bonds is 4. The minimum atomic E-state index is -0.218. The average molecular weight is 294 g/mol. The molecule has 5 nitrogen and oxygen atoms in total. The Morgan fingerprint density at radius 1 is 1.55 bits per heavy atom. The zero-order valence-electron chi connectivity index (χ0n) is 12.0. The van der Waals surface area contributed by atoms with E-state index < -0.39 is 0 Å². The van der Waals surface area contributed by atoms with Crippen LogP contribution in [-0.4, -0.2) is 45.0 Å². The lowest BCUT2D eigenvalue weighted by atomic mass is 9.94. The number of nitrogens with zero attached hydrogens (tertiary/aromatic N) is 3. The number of hydrogen-bond acceptors (Lipinski definition) is 5. The minimum absolute atomic E-state index is 0.218. The maximum Gasteiger partial charge on any atom is 0.155 e. The second-order valence-electron chi connectivity index (χ2n) is 5.23. The Hall–Kier alpha value is -1.27. The van der Waals surface area contributed by atoms with Crippen molar-refractivity contribution in [3.63, 3.8) is 0 Å². The van der Waals surface area contributed by atoms with Crippen LogP contribution in [0.2, 0.25) is 0 Å². The number of piperidine rings is 1. The number of aryl methyl sites for hydroxylation is 1. The fourth-order valence-electron chi connectivity index (χ4n) is 2.62. The predicted molar refractivity (Wildman–Crippen MR) is 83.1 cm³/mol. The van der Waals surface area contributed by atoms with E-state index in [4.69, 9.17) is 10.9 Å². The van der Waals surface area contributed by atoms with E-state index in [0.717, 1.165) is 38.2 Å². The summed E-state index contributed by atoms with van der Waals surface area (Å²) in [5.74, 6) is 0.346. The van der Waals surface area contributed by atoms with Crippen molar-refractivity contribution in [2.24, 2.45) is 10.9 Å². The van der Waals surface area contributed by atoms with E-state index in [1.807, 2.05) is 18.5 Å². The van der Waals surface area contributed by atoms with Crippen molar-refractivity contribution >= 4 is 17.6 Å². The molecule has 1 aliphatic heterocycles. The Balaban J connectivity index is 1.99. The molecule has 0 aromatic carbocycles. The van der Waals surface area contributed by atoms with Crippen molar-refractivity contribution in [3.05, 3.63) is 29.6 Å². The van der Waals surface area contributed by atoms with Crippen molar-refractivity contribution in [2.45, 2.75) is 31.1 Å². The summed E-state index contributed by atoms with van der Waals surface area (Å²) in [6.07, 6.45) is 5.66. The Labute approximate surface area is 124 Å². The number of pyridine rings is 1. The molecular weight excluding hydrogens is 272 g/mol. The standard InChI is InChI=1S/C14H22N4OS/c1-11-4-3-7-16-12(11)10-18-8-5-14(20-2,6-9-18)13(15)17-19/h3-4,7,19H,5-6,8-10H2,1-2H3,(H2,15,17). The number of hydrogen-bond donors (Lipinski definition) is 2. The lowest BCUT2D eigenvalue weighted by Gasteiger charge is -2.39. The zero-order valence-corrected chi connectivity index (χ0v) is 12.9. The molecule has 0 atom stereocenters. The molecule has 0 spiro atoms. The number of nitrogens with two attached hydrogens (primary N) is 1. The molecule has 0 bridgehead atoms. The second-order valence-corrected chi connectivity index (χ2v) is 6.42. The molecule has 1 fully saturated rings. The van der Waals surface area contributed by atoms with Crippen LogP contribution in [0.25, 0.3) is 0 Å². The normalized spacial score (nSPS) is 20.0. The molecule has 0 radical (unpaired) electrons. The lowest BCUT2D eigenvalue weighted by molar-refractivity contribution is 0.207. The largest absolute Gasteiger partial charge is 0.409 e. The van der Waals surface area contributed by atoms with Gasteiger partial charge in [-0.25, -0.2) is 0 Å². The third kappa shape index (κ3) is 3.07. The molecule has 1 saturated heterocycles. The van der Waals surface area contributed by atoms with Crippen molar-refractivity contribution in [2.75, 3.05) is 19.3 Å². The fourth-order valence-corrected chi connectivity index (χ4v) is 3.46. The highest BCUT2D eigenvalue weighted by molar-refractivity contribution is 8.00. The highest BCUT2D eigenvalue weighted by Crippen LogP contribution is 2.35. The molecular formula is C14H22N4OS. The highest BCUT2D eigenvalue weighted by atomic mass is 32.2. The van der Waals surface area contributed by atoms with E-state index in [9.17, 15) is 0 Å². The van der Waals surface area contributed by atoms with Gasteiger partial charge in [0.2, 0.25) is 0 Å². The van der Waals surface area contributed by atoms with Gasteiger partial charge in [-0.2, -0.15) is 11.8 Å². The summed E-state index contributed by atoms with van der Waals surface area (Å²) in [4.78, 5) is 6.83. The van der Waals surface area contributed by atoms with Gasteiger partial charge in [-0.3, -0.25) is 9.88 Å². The monoisotopic (exact) mass is 294 g/mol. The fraction of sp³-hybridized carbons (Fsp3) is 0.571. The first-order valence-corrected chi connectivity index (χ1v) is 8.00. The Morgan fingerprint density at radius 2 is 2.25 bits per heavy atom. The number of likely N-dealkylation sites (tertiary alicyclic amines) is 1. The van der Waals surface area contributed by atoms with Gasteiger partial charge in [-0.05, 0) is 37.7 Å². The third-order valence-corrected chi connectivity index (χ3v) is 5.52. The van der Waals surface area contributed by atoms with E-state index >= 15 is 0 Å². The maximum absolute atomic E-state index is 8.95. The third-order valence-electron chi connectivity index (χ3n) is 4.12. The molecule has 0 amide bonds. The molecule has 6 heteroatoms. The van der Waals surface area contributed by atoms with Crippen LogP contribution in [0.5, 0.6) is 0 Å². The van der Waals surface area contributed by atoms with E-state index in [1.54, 1.807) is 11.8 Å². The van der Waals surface area contributed by atoms with Gasteiger partial charge in [0, 0.05) is 25.8 Å². The second kappa shape index (κ2) is 6.45. The topological polar surface area (TPSA) is 74.7 Å². The van der Waals surface area contributed by atoms with Gasteiger partial charge < -0.3 is 10.9 Å². The van der Waals surface area contributed by atoms with Gasteiger partial charge in [0.05, 0.1) is 10.4 Å². The van der Waals surface area contributed by atoms with E-state index in [2.05, 4.69) is 28.0 Å². The highest BCUT2D eigenvalue weighted by Gasteiger charge is 2.38. The summed E-state index contributed by atoms with van der Waals surface area (Å²) >= 11 is 1.68. The zero-order chi connectivity index (χ0) is 14.6. The Kier molecular flexibility index (Phi) is 4.88. The van der Waals surface area contributed by atoms with Gasteiger partial charge in [-0.1, -0.05) is 11.2 Å². The summed E-state index contributed by atoms with van der Waals surface area (Å²) in [6.45, 7) is 4.84. The van der Waals surface area contributed by atoms with Crippen LogP contribution >= 0.6 is 11.8 Å². The molecule has 0 aliphatic carbocycles. The molecule has 0 saturated carbocycles. The molecule has 1 aromatic rings. The number of thioether (sulfide) groups is 1. The first kappa shape index (κ1) is 15.1. The summed E-state index contributed by atoms with van der Waals surface area (Å²) in [5, 5.41) is 12.2. The molecule has 2 heterocycles. The lowest BCUT2D eigenvalue weighted by Crippen LogP contribution is -2.49. The quantitative estimate of drug-likeness (QED) is 0.383. The molecule has 2 rings (SSSR count). The number of amidine groups is 1. The summed E-state index contributed by atoms with van der Waals surface area (Å²) < 4.78 is -0.218. The van der Waals surface area contributed by atoms with Gasteiger partial charge in [-0.15, -0.1) is 0 Å². The molecule has 0 unspecified atom stereocenters. The Morgan fingerprint density at radius 3 is 2.80 bits per heavy atom. The van der Waals surface area contributed by atoms with Crippen LogP contribution in [0.4, 0.5) is 0 Å². The maximum atomic E-state index is 8.95. The van der Waals surface area contributed by atoms with Crippen LogP contribution in [0.1, 0.15) is 24.1 Å². The molecule has 110 valence electrons. The van der Waals surface area contributed by atoms with Crippen LogP contribution in [0.15, 0.2) is 23.5 Å². The average Bonchev–Trinajstić information content (AvgIpc) is 2.50. The van der Waals surface area contributed by atoms with Gasteiger partial charge in [0.1, 0.15) is 0 Å². The van der Waals surface area contributed by atoms with Gasteiger partial charge >= 0.3 is 0 Å². The molecule has 1 aliphatic rings. The SMILES string of the molecule is CSC1(/C(N)=N/O)CCN(Cc2ncccc2C)CC1. The van der Waals surface area contributed by atoms with Crippen molar-refractivity contribution < 1.29 is 5.21 Å². The van der Waals surface area contributed by atoms with Crippen LogP contribution in [0.3, 0.4) is 0 Å².